The highest BCUT2D eigenvalue weighted by Crippen LogP contribution is 2.34. The van der Waals surface area contributed by atoms with E-state index in [0.29, 0.717) is 12.3 Å². The lowest BCUT2D eigenvalue weighted by Gasteiger charge is -2.46. The van der Waals surface area contributed by atoms with Crippen LogP contribution in [0.1, 0.15) is 53.4 Å². The minimum Gasteiger partial charge on any atom is -0.307 e. The Kier molecular flexibility index (Phi) is 3.21. The van der Waals surface area contributed by atoms with Crippen LogP contribution in [0, 0.1) is 17.2 Å². The number of nitrogens with one attached hydrogen (secondary N) is 1. The summed E-state index contributed by atoms with van der Waals surface area (Å²) in [5.41, 5.74) is 0.448. The molecule has 0 aliphatic carbocycles. The van der Waals surface area contributed by atoms with E-state index in [0.717, 1.165) is 6.42 Å². The van der Waals surface area contributed by atoms with Gasteiger partial charge in [0, 0.05) is 17.5 Å². The molecule has 0 aromatic carbocycles. The van der Waals surface area contributed by atoms with Gasteiger partial charge in [0.25, 0.3) is 0 Å². The first kappa shape index (κ1) is 11.5. The van der Waals surface area contributed by atoms with Gasteiger partial charge in [0.2, 0.25) is 0 Å². The second kappa shape index (κ2) is 3.90. The van der Waals surface area contributed by atoms with Gasteiger partial charge in [-0.15, -0.1) is 0 Å². The van der Waals surface area contributed by atoms with Crippen LogP contribution in [0.3, 0.4) is 0 Å². The molecule has 1 aliphatic heterocycles. The molecule has 1 fully saturated rings. The van der Waals surface area contributed by atoms with Crippen LogP contribution in [0.15, 0.2) is 0 Å². The number of rotatable bonds is 2. The zero-order valence-corrected chi connectivity index (χ0v) is 9.85. The summed E-state index contributed by atoms with van der Waals surface area (Å²) in [5, 5.41) is 12.2. The number of nitriles is 1. The normalized spacial score (nSPS) is 25.6. The Balaban J connectivity index is 2.58. The predicted octanol–water partition coefficient (Wildman–Crippen LogP) is 2.85. The van der Waals surface area contributed by atoms with Crippen molar-refractivity contribution in [1.82, 2.24) is 5.32 Å². The maximum atomic E-state index is 8.59. The van der Waals surface area contributed by atoms with Crippen molar-refractivity contribution in [3.05, 3.63) is 0 Å². The molecule has 0 atom stereocenters. The van der Waals surface area contributed by atoms with Crippen molar-refractivity contribution in [2.45, 2.75) is 64.5 Å². The van der Waals surface area contributed by atoms with Crippen molar-refractivity contribution in [3.8, 4) is 6.07 Å². The van der Waals surface area contributed by atoms with Gasteiger partial charge in [-0.05, 0) is 52.9 Å². The highest BCUT2D eigenvalue weighted by Gasteiger charge is 2.36. The topological polar surface area (TPSA) is 35.8 Å². The molecule has 0 bridgehead atoms. The Labute approximate surface area is 87.7 Å². The Bertz CT molecular complexity index is 219. The van der Waals surface area contributed by atoms with E-state index in [1.165, 1.54) is 12.8 Å². The van der Waals surface area contributed by atoms with Gasteiger partial charge >= 0.3 is 0 Å². The SMILES string of the molecule is CC1(C)CC(CCC#N)CC(C)(C)N1. The third-order valence-electron chi connectivity index (χ3n) is 2.94. The number of hydrogen-bond acceptors (Lipinski definition) is 2. The largest absolute Gasteiger partial charge is 0.307 e. The van der Waals surface area contributed by atoms with Gasteiger partial charge < -0.3 is 5.32 Å². The summed E-state index contributed by atoms with van der Waals surface area (Å²) in [6.07, 6.45) is 4.15. The second-order valence-corrected chi connectivity index (χ2v) is 5.86. The first-order valence-electron chi connectivity index (χ1n) is 5.51. The summed E-state index contributed by atoms with van der Waals surface area (Å²) in [6.45, 7) is 9.03. The van der Waals surface area contributed by atoms with E-state index in [1.54, 1.807) is 0 Å². The molecular formula is C12H22N2. The molecule has 1 aliphatic rings. The minimum absolute atomic E-state index is 0.224. The Hall–Kier alpha value is -0.550. The van der Waals surface area contributed by atoms with Crippen LogP contribution in [-0.2, 0) is 0 Å². The minimum atomic E-state index is 0.224. The molecule has 0 amide bonds. The molecule has 1 rings (SSSR count). The summed E-state index contributed by atoms with van der Waals surface area (Å²) >= 11 is 0. The standard InChI is InChI=1S/C12H22N2/c1-11(2)8-10(6-5-7-13)9-12(3,4)14-11/h10,14H,5-6,8-9H2,1-4H3. The third-order valence-corrected chi connectivity index (χ3v) is 2.94. The average Bonchev–Trinajstić information content (AvgIpc) is 1.94. The van der Waals surface area contributed by atoms with Crippen molar-refractivity contribution < 1.29 is 0 Å². The quantitative estimate of drug-likeness (QED) is 0.733. The molecule has 14 heavy (non-hydrogen) atoms. The number of piperidine rings is 1. The van der Waals surface area contributed by atoms with Gasteiger partial charge in [-0.1, -0.05) is 0 Å². The van der Waals surface area contributed by atoms with Crippen LogP contribution in [-0.4, -0.2) is 11.1 Å². The average molecular weight is 194 g/mol. The molecule has 1 heterocycles. The van der Waals surface area contributed by atoms with Crippen molar-refractivity contribution >= 4 is 0 Å². The van der Waals surface area contributed by atoms with Crippen LogP contribution < -0.4 is 5.32 Å². The molecule has 2 nitrogen and oxygen atoms in total. The van der Waals surface area contributed by atoms with Crippen LogP contribution >= 0.6 is 0 Å². The van der Waals surface area contributed by atoms with E-state index in [4.69, 9.17) is 5.26 Å². The van der Waals surface area contributed by atoms with Crippen molar-refractivity contribution in [2.75, 3.05) is 0 Å². The van der Waals surface area contributed by atoms with Gasteiger partial charge in [-0.25, -0.2) is 0 Å². The molecule has 0 saturated carbocycles. The fourth-order valence-corrected chi connectivity index (χ4v) is 3.01. The summed E-state index contributed by atoms with van der Waals surface area (Å²) < 4.78 is 0. The first-order chi connectivity index (χ1) is 6.35. The maximum absolute atomic E-state index is 8.59. The van der Waals surface area contributed by atoms with E-state index in [-0.39, 0.29) is 11.1 Å². The first-order valence-corrected chi connectivity index (χ1v) is 5.51. The van der Waals surface area contributed by atoms with Crippen LogP contribution in [0.2, 0.25) is 0 Å². The Morgan fingerprint density at radius 2 is 1.71 bits per heavy atom. The summed E-state index contributed by atoms with van der Waals surface area (Å²) in [5.74, 6) is 0.709. The fourth-order valence-electron chi connectivity index (χ4n) is 3.01. The zero-order chi connectivity index (χ0) is 10.8. The number of hydrogen-bond donors (Lipinski definition) is 1. The molecule has 2 heteroatoms. The molecule has 0 aromatic heterocycles. The van der Waals surface area contributed by atoms with Crippen LogP contribution in [0.5, 0.6) is 0 Å². The monoisotopic (exact) mass is 194 g/mol. The molecule has 0 spiro atoms. The van der Waals surface area contributed by atoms with Gasteiger partial charge in [0.15, 0.2) is 0 Å². The van der Waals surface area contributed by atoms with Crippen LogP contribution in [0.25, 0.3) is 0 Å². The molecule has 1 N–H and O–H groups in total. The van der Waals surface area contributed by atoms with Crippen molar-refractivity contribution in [3.63, 3.8) is 0 Å². The molecule has 0 unspecified atom stereocenters. The lowest BCUT2D eigenvalue weighted by molar-refractivity contribution is 0.124. The van der Waals surface area contributed by atoms with Crippen molar-refractivity contribution in [1.29, 1.82) is 5.26 Å². The predicted molar refractivity (Wildman–Crippen MR) is 58.9 cm³/mol. The zero-order valence-electron chi connectivity index (χ0n) is 9.85. The fraction of sp³-hybridized carbons (Fsp3) is 0.917. The maximum Gasteiger partial charge on any atom is 0.0621 e. The van der Waals surface area contributed by atoms with E-state index in [9.17, 15) is 0 Å². The smallest absolute Gasteiger partial charge is 0.0621 e. The third kappa shape index (κ3) is 3.31. The molecule has 0 radical (unpaired) electrons. The highest BCUT2D eigenvalue weighted by molar-refractivity contribution is 4.97. The Morgan fingerprint density at radius 1 is 1.21 bits per heavy atom. The van der Waals surface area contributed by atoms with E-state index >= 15 is 0 Å². The molecule has 0 aromatic rings. The van der Waals surface area contributed by atoms with E-state index in [2.05, 4.69) is 39.1 Å². The molecular weight excluding hydrogens is 172 g/mol. The summed E-state index contributed by atoms with van der Waals surface area (Å²) in [6, 6.07) is 2.25. The molecule has 80 valence electrons. The number of nitrogens with zero attached hydrogens (tertiary/aromatic N) is 1. The van der Waals surface area contributed by atoms with E-state index in [1.807, 2.05) is 0 Å². The van der Waals surface area contributed by atoms with Gasteiger partial charge in [-0.3, -0.25) is 0 Å². The lowest BCUT2D eigenvalue weighted by Crippen LogP contribution is -2.57. The summed E-state index contributed by atoms with van der Waals surface area (Å²) in [7, 11) is 0. The van der Waals surface area contributed by atoms with Gasteiger partial charge in [-0.2, -0.15) is 5.26 Å². The highest BCUT2D eigenvalue weighted by atomic mass is 15.0. The van der Waals surface area contributed by atoms with Gasteiger partial charge in [0.05, 0.1) is 6.07 Å². The lowest BCUT2D eigenvalue weighted by atomic mass is 9.74. The summed E-state index contributed by atoms with van der Waals surface area (Å²) in [4.78, 5) is 0. The van der Waals surface area contributed by atoms with Crippen LogP contribution in [0.4, 0.5) is 0 Å². The van der Waals surface area contributed by atoms with Crippen molar-refractivity contribution in [2.24, 2.45) is 5.92 Å². The van der Waals surface area contributed by atoms with E-state index < -0.39 is 0 Å². The second-order valence-electron chi connectivity index (χ2n) is 5.86. The Morgan fingerprint density at radius 3 is 2.14 bits per heavy atom. The molecule has 1 saturated heterocycles. The van der Waals surface area contributed by atoms with Gasteiger partial charge in [0.1, 0.15) is 0 Å².